The van der Waals surface area contributed by atoms with Gasteiger partial charge in [-0.25, -0.2) is 0 Å². The van der Waals surface area contributed by atoms with E-state index in [2.05, 4.69) is 28.0 Å². The molecule has 1 aliphatic rings. The van der Waals surface area contributed by atoms with Crippen LogP contribution in [-0.4, -0.2) is 24.2 Å². The molecule has 3 aromatic rings. The number of carbonyl (C=O) groups excluding carboxylic acids is 1. The number of hydrogen-bond acceptors (Lipinski definition) is 4. The highest BCUT2D eigenvalue weighted by Gasteiger charge is 2.32. The van der Waals surface area contributed by atoms with Crippen molar-refractivity contribution in [1.29, 1.82) is 0 Å². The maximum Gasteiger partial charge on any atom is 0.281 e. The topological polar surface area (TPSA) is 59.6 Å². The van der Waals surface area contributed by atoms with Crippen molar-refractivity contribution in [3.8, 4) is 11.3 Å². The van der Waals surface area contributed by atoms with Crippen LogP contribution < -0.4 is 10.2 Å². The second-order valence-corrected chi connectivity index (χ2v) is 7.77. The van der Waals surface area contributed by atoms with Crippen LogP contribution in [0.2, 0.25) is 0 Å². The lowest BCUT2D eigenvalue weighted by Crippen LogP contribution is -3.11. The molecule has 1 unspecified atom stereocenters. The molecule has 3 heterocycles. The number of nitrogens with zero attached hydrogens (tertiary/aromatic N) is 1. The SMILES string of the molecule is Cc1ccc(-c2cc(NC(=O)C[NH+]3CCC[C@H]3c3cccs3)on2)cc1. The molecule has 1 fully saturated rings. The lowest BCUT2D eigenvalue weighted by Gasteiger charge is -2.19. The first kappa shape index (κ1) is 17.0. The molecule has 2 N–H and O–H groups in total. The molecule has 1 amide bonds. The summed E-state index contributed by atoms with van der Waals surface area (Å²) >= 11 is 1.78. The smallest absolute Gasteiger partial charge is 0.281 e. The number of benzene rings is 1. The minimum absolute atomic E-state index is 0.0323. The Morgan fingerprint density at radius 1 is 1.35 bits per heavy atom. The Kier molecular flexibility index (Phi) is 4.86. The average molecular weight is 368 g/mol. The molecule has 4 rings (SSSR count). The number of carbonyl (C=O) groups is 1. The highest BCUT2D eigenvalue weighted by molar-refractivity contribution is 7.10. The van der Waals surface area contributed by atoms with Gasteiger partial charge in [-0.15, -0.1) is 11.3 Å². The first-order valence-corrected chi connectivity index (χ1v) is 9.78. The second kappa shape index (κ2) is 7.43. The third kappa shape index (κ3) is 3.71. The zero-order valence-corrected chi connectivity index (χ0v) is 15.5. The molecule has 2 atom stereocenters. The van der Waals surface area contributed by atoms with Crippen LogP contribution in [0.5, 0.6) is 0 Å². The van der Waals surface area contributed by atoms with Gasteiger partial charge in [-0.1, -0.05) is 41.1 Å². The molecule has 1 aromatic carbocycles. The van der Waals surface area contributed by atoms with E-state index in [4.69, 9.17) is 4.52 Å². The van der Waals surface area contributed by atoms with Gasteiger partial charge in [-0.3, -0.25) is 10.1 Å². The predicted molar refractivity (Wildman–Crippen MR) is 102 cm³/mol. The third-order valence-corrected chi connectivity index (χ3v) is 5.86. The third-order valence-electron chi connectivity index (χ3n) is 4.88. The quantitative estimate of drug-likeness (QED) is 0.728. The fourth-order valence-electron chi connectivity index (χ4n) is 3.54. The number of rotatable bonds is 5. The van der Waals surface area contributed by atoms with E-state index < -0.39 is 0 Å². The van der Waals surface area contributed by atoms with Gasteiger partial charge in [0, 0.05) is 24.5 Å². The number of aryl methyl sites for hydroxylation is 1. The number of quaternary nitrogens is 1. The highest BCUT2D eigenvalue weighted by atomic mass is 32.1. The second-order valence-electron chi connectivity index (χ2n) is 6.79. The standard InChI is InChI=1S/C20H21N3O2S/c1-14-6-8-15(9-7-14)16-12-20(25-22-16)21-19(24)13-23-10-2-4-17(23)18-5-3-11-26-18/h3,5-9,11-12,17H,2,4,10,13H2,1H3,(H,21,24)/p+1/t17-/m0/s1. The van der Waals surface area contributed by atoms with Crippen LogP contribution in [0.15, 0.2) is 52.4 Å². The number of thiophene rings is 1. The van der Waals surface area contributed by atoms with Crippen LogP contribution >= 0.6 is 11.3 Å². The fraction of sp³-hybridized carbons (Fsp3) is 0.300. The molecule has 0 bridgehead atoms. The maximum absolute atomic E-state index is 12.5. The van der Waals surface area contributed by atoms with Crippen molar-refractivity contribution in [3.05, 3.63) is 58.3 Å². The number of likely N-dealkylation sites (tertiary alicyclic amines) is 1. The first-order valence-electron chi connectivity index (χ1n) is 8.90. The molecule has 5 nitrogen and oxygen atoms in total. The number of hydrogen-bond donors (Lipinski definition) is 2. The summed E-state index contributed by atoms with van der Waals surface area (Å²) in [6.45, 7) is 3.52. The summed E-state index contributed by atoms with van der Waals surface area (Å²) in [5.74, 6) is 0.368. The Bertz CT molecular complexity index is 871. The maximum atomic E-state index is 12.5. The van der Waals surface area contributed by atoms with E-state index in [1.165, 1.54) is 15.3 Å². The van der Waals surface area contributed by atoms with Gasteiger partial charge in [-0.2, -0.15) is 0 Å². The summed E-state index contributed by atoms with van der Waals surface area (Å²) in [7, 11) is 0. The van der Waals surface area contributed by atoms with E-state index in [1.807, 2.05) is 31.2 Å². The van der Waals surface area contributed by atoms with Gasteiger partial charge < -0.3 is 9.42 Å². The van der Waals surface area contributed by atoms with Crippen LogP contribution in [0, 0.1) is 6.92 Å². The normalized spacial score (nSPS) is 19.6. The van der Waals surface area contributed by atoms with Gasteiger partial charge in [-0.05, 0) is 18.4 Å². The van der Waals surface area contributed by atoms with Gasteiger partial charge in [0.1, 0.15) is 11.7 Å². The van der Waals surface area contributed by atoms with Crippen molar-refractivity contribution < 1.29 is 14.2 Å². The van der Waals surface area contributed by atoms with Crippen LogP contribution in [-0.2, 0) is 4.79 Å². The minimum Gasteiger partial charge on any atom is -0.338 e. The zero-order valence-electron chi connectivity index (χ0n) is 14.7. The molecule has 0 aliphatic carbocycles. The van der Waals surface area contributed by atoms with E-state index in [-0.39, 0.29) is 5.91 Å². The van der Waals surface area contributed by atoms with Gasteiger partial charge in [0.15, 0.2) is 6.54 Å². The van der Waals surface area contributed by atoms with Crippen molar-refractivity contribution >= 4 is 23.1 Å². The minimum atomic E-state index is -0.0323. The molecule has 2 aromatic heterocycles. The molecular weight excluding hydrogens is 346 g/mol. The molecule has 1 saturated heterocycles. The van der Waals surface area contributed by atoms with Crippen LogP contribution in [0.3, 0.4) is 0 Å². The van der Waals surface area contributed by atoms with Gasteiger partial charge in [0.25, 0.3) is 5.91 Å². The number of amides is 1. The summed E-state index contributed by atoms with van der Waals surface area (Å²) in [6, 6.07) is 14.5. The molecule has 134 valence electrons. The Morgan fingerprint density at radius 2 is 2.19 bits per heavy atom. The van der Waals surface area contributed by atoms with Crippen molar-refractivity contribution in [2.75, 3.05) is 18.4 Å². The molecule has 6 heteroatoms. The summed E-state index contributed by atoms with van der Waals surface area (Å²) in [5.41, 5.74) is 2.90. The zero-order chi connectivity index (χ0) is 17.9. The average Bonchev–Trinajstić information content (AvgIpc) is 3.36. The van der Waals surface area contributed by atoms with E-state index in [0.29, 0.717) is 18.5 Å². The van der Waals surface area contributed by atoms with Crippen molar-refractivity contribution in [2.45, 2.75) is 25.8 Å². The summed E-state index contributed by atoms with van der Waals surface area (Å²) < 4.78 is 5.29. The molecule has 26 heavy (non-hydrogen) atoms. The monoisotopic (exact) mass is 368 g/mol. The molecule has 1 aliphatic heterocycles. The fourth-order valence-corrected chi connectivity index (χ4v) is 4.46. The van der Waals surface area contributed by atoms with E-state index in [9.17, 15) is 4.79 Å². The lowest BCUT2D eigenvalue weighted by molar-refractivity contribution is -0.910. The van der Waals surface area contributed by atoms with Crippen LogP contribution in [0.4, 0.5) is 5.88 Å². The van der Waals surface area contributed by atoms with Gasteiger partial charge >= 0.3 is 0 Å². The Morgan fingerprint density at radius 3 is 2.96 bits per heavy atom. The number of nitrogens with one attached hydrogen (secondary N) is 2. The number of aromatic nitrogens is 1. The highest BCUT2D eigenvalue weighted by Crippen LogP contribution is 2.24. The number of anilines is 1. The van der Waals surface area contributed by atoms with Gasteiger partial charge in [0.05, 0.1) is 11.4 Å². The predicted octanol–water partition coefficient (Wildman–Crippen LogP) is 3.07. The summed E-state index contributed by atoms with van der Waals surface area (Å²) in [4.78, 5) is 15.1. The summed E-state index contributed by atoms with van der Waals surface area (Å²) in [6.07, 6.45) is 2.30. The first-order chi connectivity index (χ1) is 12.7. The van der Waals surface area contributed by atoms with Crippen molar-refractivity contribution in [2.24, 2.45) is 0 Å². The summed E-state index contributed by atoms with van der Waals surface area (Å²) in [5, 5.41) is 9.02. The van der Waals surface area contributed by atoms with Crippen LogP contribution in [0.25, 0.3) is 11.3 Å². The molecule has 0 spiro atoms. The van der Waals surface area contributed by atoms with Crippen molar-refractivity contribution in [1.82, 2.24) is 5.16 Å². The van der Waals surface area contributed by atoms with Gasteiger partial charge in [0.2, 0.25) is 5.88 Å². The Labute approximate surface area is 156 Å². The largest absolute Gasteiger partial charge is 0.338 e. The van der Waals surface area contributed by atoms with Crippen molar-refractivity contribution in [3.63, 3.8) is 0 Å². The van der Waals surface area contributed by atoms with Crippen LogP contribution in [0.1, 0.15) is 29.3 Å². The van der Waals surface area contributed by atoms with E-state index >= 15 is 0 Å². The van der Waals surface area contributed by atoms with E-state index in [0.717, 1.165) is 30.6 Å². The molecular formula is C20H22N3O2S+. The molecule has 0 radical (unpaired) electrons. The lowest BCUT2D eigenvalue weighted by atomic mass is 10.1. The Hall–Kier alpha value is -2.44. The Balaban J connectivity index is 1.38. The van der Waals surface area contributed by atoms with E-state index in [1.54, 1.807) is 17.4 Å². The molecule has 0 saturated carbocycles.